The largest absolute Gasteiger partial charge is 0.468 e. The fraction of sp³-hybridized carbons (Fsp3) is 0.333. The third-order valence-electron chi connectivity index (χ3n) is 2.31. The van der Waals surface area contributed by atoms with Gasteiger partial charge in [0, 0.05) is 23.7 Å². The fourth-order valence-electron chi connectivity index (χ4n) is 1.34. The van der Waals surface area contributed by atoms with Gasteiger partial charge in [0.1, 0.15) is 10.3 Å². The molecule has 21 heavy (non-hydrogen) atoms. The SMILES string of the molecule is CCN=CC(Sc1cc([N+](=O)[O-])c(Cl)cc1Cl)C(=O)OC. The first kappa shape index (κ1) is 17.7. The van der Waals surface area contributed by atoms with E-state index in [1.54, 1.807) is 0 Å². The van der Waals surface area contributed by atoms with E-state index in [0.29, 0.717) is 11.4 Å². The highest BCUT2D eigenvalue weighted by atomic mass is 35.5. The maximum atomic E-state index is 11.7. The lowest BCUT2D eigenvalue weighted by atomic mass is 10.3. The zero-order valence-corrected chi connectivity index (χ0v) is 13.5. The van der Waals surface area contributed by atoms with Crippen LogP contribution in [0.25, 0.3) is 0 Å². The van der Waals surface area contributed by atoms with E-state index >= 15 is 0 Å². The summed E-state index contributed by atoms with van der Waals surface area (Å²) in [5.74, 6) is -0.522. The smallest absolute Gasteiger partial charge is 0.324 e. The number of esters is 1. The Hall–Kier alpha value is -1.31. The normalized spacial score (nSPS) is 12.4. The Morgan fingerprint density at radius 3 is 2.71 bits per heavy atom. The zero-order chi connectivity index (χ0) is 16.0. The topological polar surface area (TPSA) is 81.8 Å². The van der Waals surface area contributed by atoms with Gasteiger partial charge in [-0.3, -0.25) is 19.9 Å². The highest BCUT2D eigenvalue weighted by Gasteiger charge is 2.23. The van der Waals surface area contributed by atoms with Crippen molar-refractivity contribution in [1.29, 1.82) is 0 Å². The maximum absolute atomic E-state index is 11.7. The van der Waals surface area contributed by atoms with Crippen LogP contribution < -0.4 is 0 Å². The molecule has 0 aliphatic carbocycles. The molecule has 1 aromatic carbocycles. The highest BCUT2D eigenvalue weighted by Crippen LogP contribution is 2.37. The number of nitro benzene ring substituents is 1. The lowest BCUT2D eigenvalue weighted by Gasteiger charge is -2.11. The zero-order valence-electron chi connectivity index (χ0n) is 11.2. The molecular formula is C12H12Cl2N2O4S. The fourth-order valence-corrected chi connectivity index (χ4v) is 2.89. The minimum Gasteiger partial charge on any atom is -0.468 e. The summed E-state index contributed by atoms with van der Waals surface area (Å²) in [4.78, 5) is 26.3. The Kier molecular flexibility index (Phi) is 6.94. The molecule has 0 saturated heterocycles. The summed E-state index contributed by atoms with van der Waals surface area (Å²) in [6.07, 6.45) is 1.42. The van der Waals surface area contributed by atoms with E-state index in [0.717, 1.165) is 11.8 Å². The van der Waals surface area contributed by atoms with Crippen LogP contribution in [0.15, 0.2) is 22.0 Å². The molecule has 9 heteroatoms. The van der Waals surface area contributed by atoms with Crippen molar-refractivity contribution >= 4 is 52.8 Å². The summed E-state index contributed by atoms with van der Waals surface area (Å²) in [5, 5.41) is 10.3. The summed E-state index contributed by atoms with van der Waals surface area (Å²) >= 11 is 12.8. The van der Waals surface area contributed by atoms with Crippen LogP contribution in [0.5, 0.6) is 0 Å². The van der Waals surface area contributed by atoms with Gasteiger partial charge in [-0.05, 0) is 13.0 Å². The van der Waals surface area contributed by atoms with Gasteiger partial charge in [0.25, 0.3) is 5.69 Å². The predicted octanol–water partition coefficient (Wildman–Crippen LogP) is 3.63. The van der Waals surface area contributed by atoms with Crippen LogP contribution in [0.1, 0.15) is 6.92 Å². The Bertz CT molecular complexity index is 581. The number of nitro groups is 1. The van der Waals surface area contributed by atoms with E-state index in [2.05, 4.69) is 9.73 Å². The molecule has 0 radical (unpaired) electrons. The number of hydrogen-bond acceptors (Lipinski definition) is 6. The Labute approximate surface area is 135 Å². The van der Waals surface area contributed by atoms with Crippen LogP contribution in [0.4, 0.5) is 5.69 Å². The van der Waals surface area contributed by atoms with E-state index < -0.39 is 16.1 Å². The molecule has 0 N–H and O–H groups in total. The lowest BCUT2D eigenvalue weighted by Crippen LogP contribution is -2.20. The lowest BCUT2D eigenvalue weighted by molar-refractivity contribution is -0.384. The molecule has 6 nitrogen and oxygen atoms in total. The van der Waals surface area contributed by atoms with Gasteiger partial charge < -0.3 is 4.74 Å². The van der Waals surface area contributed by atoms with Gasteiger partial charge in [-0.15, -0.1) is 11.8 Å². The number of halogens is 2. The quantitative estimate of drug-likeness (QED) is 0.257. The van der Waals surface area contributed by atoms with Crippen molar-refractivity contribution < 1.29 is 14.5 Å². The molecule has 1 atom stereocenters. The van der Waals surface area contributed by atoms with E-state index in [9.17, 15) is 14.9 Å². The third-order valence-corrected chi connectivity index (χ3v) is 4.20. The summed E-state index contributed by atoms with van der Waals surface area (Å²) in [7, 11) is 1.25. The molecule has 1 rings (SSSR count). The number of aliphatic imine (C=N–C) groups is 1. The number of rotatable bonds is 6. The minimum absolute atomic E-state index is 0.0637. The molecule has 0 fully saturated rings. The summed E-state index contributed by atoms with van der Waals surface area (Å²) < 4.78 is 4.67. The Balaban J connectivity index is 3.13. The minimum atomic E-state index is -0.742. The molecular weight excluding hydrogens is 339 g/mol. The molecule has 0 aliphatic rings. The average Bonchev–Trinajstić information content (AvgIpc) is 2.44. The van der Waals surface area contributed by atoms with Crippen molar-refractivity contribution in [2.24, 2.45) is 4.99 Å². The summed E-state index contributed by atoms with van der Waals surface area (Å²) in [6, 6.07) is 2.50. The number of nitrogens with zero attached hydrogens (tertiary/aromatic N) is 2. The monoisotopic (exact) mass is 350 g/mol. The molecule has 1 unspecified atom stereocenters. The van der Waals surface area contributed by atoms with Crippen LogP contribution >= 0.6 is 35.0 Å². The molecule has 1 aromatic rings. The van der Waals surface area contributed by atoms with Gasteiger partial charge in [0.05, 0.1) is 17.1 Å². The summed E-state index contributed by atoms with van der Waals surface area (Å²) in [6.45, 7) is 2.32. The second-order valence-corrected chi connectivity index (χ2v) is 5.70. The molecule has 0 spiro atoms. The van der Waals surface area contributed by atoms with Crippen molar-refractivity contribution in [3.63, 3.8) is 0 Å². The second-order valence-electron chi connectivity index (χ2n) is 3.70. The number of hydrogen-bond donors (Lipinski definition) is 0. The van der Waals surface area contributed by atoms with Gasteiger partial charge >= 0.3 is 5.97 Å². The molecule has 0 amide bonds. The summed E-state index contributed by atoms with van der Waals surface area (Å²) in [5.41, 5.74) is -0.278. The van der Waals surface area contributed by atoms with Crippen LogP contribution in [-0.2, 0) is 9.53 Å². The average molecular weight is 351 g/mol. The number of ether oxygens (including phenoxy) is 1. The molecule has 0 heterocycles. The van der Waals surface area contributed by atoms with E-state index in [4.69, 9.17) is 23.2 Å². The number of benzene rings is 1. The number of methoxy groups -OCH3 is 1. The third kappa shape index (κ3) is 4.87. The Morgan fingerprint density at radius 1 is 1.52 bits per heavy atom. The first-order valence-corrected chi connectivity index (χ1v) is 7.42. The van der Waals surface area contributed by atoms with E-state index in [1.165, 1.54) is 25.5 Å². The molecule has 0 saturated carbocycles. The van der Waals surface area contributed by atoms with E-state index in [1.807, 2.05) is 6.92 Å². The van der Waals surface area contributed by atoms with Crippen molar-refractivity contribution in [2.75, 3.05) is 13.7 Å². The van der Waals surface area contributed by atoms with Gasteiger partial charge in [-0.25, -0.2) is 0 Å². The van der Waals surface area contributed by atoms with E-state index in [-0.39, 0.29) is 15.7 Å². The molecule has 0 bridgehead atoms. The predicted molar refractivity (Wildman–Crippen MR) is 83.8 cm³/mol. The number of carbonyl (C=O) groups excluding carboxylic acids is 1. The molecule has 114 valence electrons. The van der Waals surface area contributed by atoms with Gasteiger partial charge in [0.15, 0.2) is 0 Å². The maximum Gasteiger partial charge on any atom is 0.324 e. The van der Waals surface area contributed by atoms with Crippen LogP contribution in [-0.4, -0.2) is 36.0 Å². The van der Waals surface area contributed by atoms with Crippen molar-refractivity contribution in [3.8, 4) is 0 Å². The number of thioether (sulfide) groups is 1. The van der Waals surface area contributed by atoms with Crippen LogP contribution in [0.3, 0.4) is 0 Å². The van der Waals surface area contributed by atoms with Crippen molar-refractivity contribution in [3.05, 3.63) is 32.3 Å². The number of carbonyl (C=O) groups is 1. The first-order valence-electron chi connectivity index (χ1n) is 5.78. The standard InChI is InChI=1S/C12H12Cl2N2O4S/c1-3-15-6-11(12(17)20-2)21-10-5-9(16(18)19)7(13)4-8(10)14/h4-6,11H,3H2,1-2H3. The second kappa shape index (κ2) is 8.21. The van der Waals surface area contributed by atoms with Gasteiger partial charge in [-0.1, -0.05) is 23.2 Å². The van der Waals surface area contributed by atoms with Crippen molar-refractivity contribution in [2.45, 2.75) is 17.1 Å². The van der Waals surface area contributed by atoms with Crippen LogP contribution in [0, 0.1) is 10.1 Å². The first-order chi connectivity index (χ1) is 9.90. The molecule has 0 aromatic heterocycles. The Morgan fingerprint density at radius 2 is 2.19 bits per heavy atom. The van der Waals surface area contributed by atoms with Gasteiger partial charge in [-0.2, -0.15) is 0 Å². The van der Waals surface area contributed by atoms with Crippen LogP contribution in [0.2, 0.25) is 10.0 Å². The van der Waals surface area contributed by atoms with Gasteiger partial charge in [0.2, 0.25) is 0 Å². The molecule has 0 aliphatic heterocycles. The highest BCUT2D eigenvalue weighted by molar-refractivity contribution is 8.01. The van der Waals surface area contributed by atoms with Crippen molar-refractivity contribution in [1.82, 2.24) is 0 Å².